The van der Waals surface area contributed by atoms with Gasteiger partial charge in [-0.15, -0.1) is 0 Å². The fourth-order valence-electron chi connectivity index (χ4n) is 2.01. The molecule has 0 atom stereocenters. The molecule has 0 spiro atoms. The molecular formula is C17H17NO4S. The fraction of sp³-hybridized carbons (Fsp3) is 0.118. The Morgan fingerprint density at radius 1 is 1.00 bits per heavy atom. The minimum atomic E-state index is -4.04. The predicted octanol–water partition coefficient (Wildman–Crippen LogP) is 3.21. The molecule has 1 amide bonds. The van der Waals surface area contributed by atoms with Gasteiger partial charge in [0.2, 0.25) is 0 Å². The SMILES string of the molecule is O=C(O)N(CCc1ccccc1)S(=O)(=O)/C=C/c1ccccc1. The Bertz CT molecular complexity index is 771. The number of amides is 1. The summed E-state index contributed by atoms with van der Waals surface area (Å²) in [6.45, 7) is -0.124. The zero-order valence-corrected chi connectivity index (χ0v) is 13.2. The number of carboxylic acid groups (broad SMARTS) is 1. The largest absolute Gasteiger partial charge is 0.464 e. The Hall–Kier alpha value is -2.60. The highest BCUT2D eigenvalue weighted by molar-refractivity contribution is 7.92. The van der Waals surface area contributed by atoms with Crippen LogP contribution in [0.1, 0.15) is 11.1 Å². The third-order valence-corrected chi connectivity index (χ3v) is 4.63. The van der Waals surface area contributed by atoms with E-state index in [-0.39, 0.29) is 6.54 Å². The van der Waals surface area contributed by atoms with E-state index in [1.165, 1.54) is 6.08 Å². The predicted molar refractivity (Wildman–Crippen MR) is 89.3 cm³/mol. The second kappa shape index (κ2) is 7.60. The number of hydrogen-bond acceptors (Lipinski definition) is 3. The standard InChI is InChI=1S/C17H17NO4S/c19-17(20)18(13-11-15-7-3-1-4-8-15)23(21,22)14-12-16-9-5-2-6-10-16/h1-10,12,14H,11,13H2,(H,19,20)/b14-12+. The zero-order valence-electron chi connectivity index (χ0n) is 12.4. The van der Waals surface area contributed by atoms with Gasteiger partial charge < -0.3 is 5.11 Å². The minimum Gasteiger partial charge on any atom is -0.464 e. The first-order valence-corrected chi connectivity index (χ1v) is 8.52. The van der Waals surface area contributed by atoms with Crippen molar-refractivity contribution in [3.63, 3.8) is 0 Å². The zero-order chi connectivity index (χ0) is 16.7. The molecule has 0 radical (unpaired) electrons. The monoisotopic (exact) mass is 331 g/mol. The lowest BCUT2D eigenvalue weighted by Gasteiger charge is -2.17. The lowest BCUT2D eigenvalue weighted by atomic mass is 10.1. The van der Waals surface area contributed by atoms with Crippen LogP contribution in [0.5, 0.6) is 0 Å². The van der Waals surface area contributed by atoms with Gasteiger partial charge in [-0.25, -0.2) is 17.5 Å². The van der Waals surface area contributed by atoms with Crippen molar-refractivity contribution in [2.45, 2.75) is 6.42 Å². The van der Waals surface area contributed by atoms with Crippen molar-refractivity contribution in [2.24, 2.45) is 0 Å². The molecular weight excluding hydrogens is 314 g/mol. The molecule has 0 saturated carbocycles. The lowest BCUT2D eigenvalue weighted by molar-refractivity contribution is 0.173. The van der Waals surface area contributed by atoms with Crippen molar-refractivity contribution in [3.05, 3.63) is 77.2 Å². The van der Waals surface area contributed by atoms with E-state index in [4.69, 9.17) is 0 Å². The molecule has 0 heterocycles. The Kier molecular flexibility index (Phi) is 5.54. The maximum atomic E-state index is 12.2. The molecule has 5 nitrogen and oxygen atoms in total. The summed E-state index contributed by atoms with van der Waals surface area (Å²) in [7, 11) is -4.04. The number of rotatable bonds is 6. The summed E-state index contributed by atoms with van der Waals surface area (Å²) in [5, 5.41) is 10.1. The number of carbonyl (C=O) groups is 1. The molecule has 0 aromatic heterocycles. The molecule has 0 aliphatic carbocycles. The van der Waals surface area contributed by atoms with E-state index in [1.54, 1.807) is 24.3 Å². The molecule has 2 aromatic rings. The quantitative estimate of drug-likeness (QED) is 0.882. The number of hydrogen-bond donors (Lipinski definition) is 1. The van der Waals surface area contributed by atoms with Crippen molar-refractivity contribution < 1.29 is 18.3 Å². The van der Waals surface area contributed by atoms with Crippen LogP contribution in [0.2, 0.25) is 0 Å². The summed E-state index contributed by atoms with van der Waals surface area (Å²) < 4.78 is 24.9. The Morgan fingerprint density at radius 3 is 2.13 bits per heavy atom. The summed E-state index contributed by atoms with van der Waals surface area (Å²) in [5.74, 6) is 0. The second-order valence-electron chi connectivity index (χ2n) is 4.85. The third-order valence-electron chi connectivity index (χ3n) is 3.20. The second-order valence-corrected chi connectivity index (χ2v) is 6.59. The van der Waals surface area contributed by atoms with Crippen LogP contribution in [0, 0.1) is 0 Å². The van der Waals surface area contributed by atoms with Crippen molar-refractivity contribution in [1.29, 1.82) is 0 Å². The molecule has 2 aromatic carbocycles. The minimum absolute atomic E-state index is 0.124. The van der Waals surface area contributed by atoms with Gasteiger partial charge in [-0.05, 0) is 23.6 Å². The first kappa shape index (κ1) is 16.8. The average Bonchev–Trinajstić information content (AvgIpc) is 2.55. The van der Waals surface area contributed by atoms with E-state index < -0.39 is 16.1 Å². The molecule has 0 aliphatic rings. The number of nitrogens with zero attached hydrogens (tertiary/aromatic N) is 1. The van der Waals surface area contributed by atoms with E-state index in [2.05, 4.69) is 0 Å². The van der Waals surface area contributed by atoms with E-state index in [0.29, 0.717) is 16.3 Å². The maximum Gasteiger partial charge on any atom is 0.421 e. The van der Waals surface area contributed by atoms with Gasteiger partial charge in [-0.2, -0.15) is 0 Å². The molecule has 0 unspecified atom stereocenters. The van der Waals surface area contributed by atoms with Crippen LogP contribution in [0.15, 0.2) is 66.1 Å². The normalized spacial score (nSPS) is 11.5. The van der Waals surface area contributed by atoms with Crippen LogP contribution in [0.3, 0.4) is 0 Å². The van der Waals surface area contributed by atoms with Gasteiger partial charge in [0.15, 0.2) is 0 Å². The highest BCUT2D eigenvalue weighted by Crippen LogP contribution is 2.10. The van der Waals surface area contributed by atoms with Crippen LogP contribution in [0.25, 0.3) is 6.08 Å². The molecule has 0 aliphatic heterocycles. The summed E-state index contributed by atoms with van der Waals surface area (Å²) >= 11 is 0. The van der Waals surface area contributed by atoms with Gasteiger partial charge >= 0.3 is 6.09 Å². The Labute approximate surface area is 135 Å². The third kappa shape index (κ3) is 4.96. The molecule has 6 heteroatoms. The topological polar surface area (TPSA) is 74.7 Å². The van der Waals surface area contributed by atoms with Crippen molar-refractivity contribution in [3.8, 4) is 0 Å². The van der Waals surface area contributed by atoms with Crippen molar-refractivity contribution >= 4 is 22.2 Å². The number of benzene rings is 2. The summed E-state index contributed by atoms with van der Waals surface area (Å²) in [5.41, 5.74) is 1.56. The molecule has 0 fully saturated rings. The van der Waals surface area contributed by atoms with Crippen LogP contribution in [-0.2, 0) is 16.4 Å². The van der Waals surface area contributed by atoms with Crippen molar-refractivity contribution in [2.75, 3.05) is 6.54 Å². The van der Waals surface area contributed by atoms with Gasteiger partial charge in [0.05, 0.1) is 5.41 Å². The van der Waals surface area contributed by atoms with Gasteiger partial charge in [0, 0.05) is 6.54 Å². The van der Waals surface area contributed by atoms with E-state index in [0.717, 1.165) is 11.0 Å². The van der Waals surface area contributed by atoms with Crippen LogP contribution in [-0.4, -0.2) is 30.5 Å². The van der Waals surface area contributed by atoms with Crippen LogP contribution < -0.4 is 0 Å². The smallest absolute Gasteiger partial charge is 0.421 e. The van der Waals surface area contributed by atoms with Gasteiger partial charge in [0.25, 0.3) is 10.0 Å². The van der Waals surface area contributed by atoms with Gasteiger partial charge in [-0.3, -0.25) is 0 Å². The molecule has 0 bridgehead atoms. The van der Waals surface area contributed by atoms with Crippen LogP contribution >= 0.6 is 0 Å². The van der Waals surface area contributed by atoms with Crippen LogP contribution in [0.4, 0.5) is 4.79 Å². The van der Waals surface area contributed by atoms with Crippen molar-refractivity contribution in [1.82, 2.24) is 4.31 Å². The molecule has 1 N–H and O–H groups in total. The Morgan fingerprint density at radius 2 is 1.57 bits per heavy atom. The fourth-order valence-corrected chi connectivity index (χ4v) is 3.05. The average molecular weight is 331 g/mol. The molecule has 23 heavy (non-hydrogen) atoms. The van der Waals surface area contributed by atoms with E-state index in [1.807, 2.05) is 36.4 Å². The lowest BCUT2D eigenvalue weighted by Crippen LogP contribution is -2.36. The molecule has 2 rings (SSSR count). The van der Waals surface area contributed by atoms with Gasteiger partial charge in [-0.1, -0.05) is 60.7 Å². The summed E-state index contributed by atoms with van der Waals surface area (Å²) in [4.78, 5) is 11.3. The first-order valence-electron chi connectivity index (χ1n) is 7.02. The number of sulfonamides is 1. The summed E-state index contributed by atoms with van der Waals surface area (Å²) in [6.07, 6.45) is 0.220. The molecule has 0 saturated heterocycles. The molecule has 120 valence electrons. The van der Waals surface area contributed by atoms with Gasteiger partial charge in [0.1, 0.15) is 0 Å². The summed E-state index contributed by atoms with van der Waals surface area (Å²) in [6, 6.07) is 18.0. The highest BCUT2D eigenvalue weighted by Gasteiger charge is 2.24. The first-order chi connectivity index (χ1) is 11.0. The van der Waals surface area contributed by atoms with E-state index >= 15 is 0 Å². The van der Waals surface area contributed by atoms with E-state index in [9.17, 15) is 18.3 Å². The highest BCUT2D eigenvalue weighted by atomic mass is 32.2. The Balaban J connectivity index is 2.12. The maximum absolute atomic E-state index is 12.2.